The maximum absolute atomic E-state index is 12.0. The number of nitrogens with zero attached hydrogens (tertiary/aromatic N) is 1. The van der Waals surface area contributed by atoms with E-state index in [0.29, 0.717) is 18.5 Å². The standard InChI is InChI=1S/C14H22N2O2S/c1-3-8-16(9-4-2)13(17)5-7-15-14(18)12-6-10-19-11-12/h6,10-11H,3-5,7-9H2,1-2H3,(H,15,18). The number of thiophene rings is 1. The Morgan fingerprint density at radius 3 is 2.47 bits per heavy atom. The summed E-state index contributed by atoms with van der Waals surface area (Å²) in [5, 5.41) is 6.44. The molecule has 1 heterocycles. The van der Waals surface area contributed by atoms with Crippen LogP contribution in [0.2, 0.25) is 0 Å². The van der Waals surface area contributed by atoms with E-state index in [-0.39, 0.29) is 11.8 Å². The Bertz CT molecular complexity index is 384. The van der Waals surface area contributed by atoms with E-state index in [2.05, 4.69) is 19.2 Å². The van der Waals surface area contributed by atoms with Crippen LogP contribution in [-0.2, 0) is 4.79 Å². The van der Waals surface area contributed by atoms with Gasteiger partial charge in [-0.25, -0.2) is 0 Å². The summed E-state index contributed by atoms with van der Waals surface area (Å²) in [5.41, 5.74) is 0.663. The Hall–Kier alpha value is -1.36. The molecule has 0 aliphatic rings. The van der Waals surface area contributed by atoms with Gasteiger partial charge in [0.2, 0.25) is 5.91 Å². The Labute approximate surface area is 118 Å². The van der Waals surface area contributed by atoms with Crippen molar-refractivity contribution in [1.82, 2.24) is 10.2 Å². The maximum atomic E-state index is 12.0. The second-order valence-corrected chi connectivity index (χ2v) is 5.18. The number of carbonyl (C=O) groups excluding carboxylic acids is 2. The van der Waals surface area contributed by atoms with Gasteiger partial charge in [-0.2, -0.15) is 11.3 Å². The van der Waals surface area contributed by atoms with Gasteiger partial charge in [-0.15, -0.1) is 0 Å². The van der Waals surface area contributed by atoms with Gasteiger partial charge in [-0.3, -0.25) is 9.59 Å². The largest absolute Gasteiger partial charge is 0.351 e. The van der Waals surface area contributed by atoms with Gasteiger partial charge in [-0.1, -0.05) is 13.8 Å². The van der Waals surface area contributed by atoms with Gasteiger partial charge in [0.25, 0.3) is 5.91 Å². The summed E-state index contributed by atoms with van der Waals surface area (Å²) in [6.07, 6.45) is 2.30. The molecule has 0 saturated heterocycles. The van der Waals surface area contributed by atoms with E-state index in [1.807, 2.05) is 10.3 Å². The first-order chi connectivity index (χ1) is 9.19. The highest BCUT2D eigenvalue weighted by Crippen LogP contribution is 2.05. The fourth-order valence-electron chi connectivity index (χ4n) is 1.84. The average Bonchev–Trinajstić information content (AvgIpc) is 2.92. The molecule has 1 aromatic heterocycles. The predicted molar refractivity (Wildman–Crippen MR) is 78.4 cm³/mol. The molecular formula is C14H22N2O2S. The number of carbonyl (C=O) groups is 2. The molecule has 0 unspecified atom stereocenters. The summed E-state index contributed by atoms with van der Waals surface area (Å²) < 4.78 is 0. The third kappa shape index (κ3) is 5.42. The topological polar surface area (TPSA) is 49.4 Å². The maximum Gasteiger partial charge on any atom is 0.252 e. The highest BCUT2D eigenvalue weighted by atomic mass is 32.1. The fraction of sp³-hybridized carbons (Fsp3) is 0.571. The third-order valence-electron chi connectivity index (χ3n) is 2.75. The summed E-state index contributed by atoms with van der Waals surface area (Å²) in [4.78, 5) is 25.5. The third-order valence-corrected chi connectivity index (χ3v) is 3.43. The van der Waals surface area contributed by atoms with Crippen LogP contribution in [0.4, 0.5) is 0 Å². The minimum atomic E-state index is -0.105. The van der Waals surface area contributed by atoms with E-state index in [0.717, 1.165) is 25.9 Å². The minimum Gasteiger partial charge on any atom is -0.351 e. The number of nitrogens with one attached hydrogen (secondary N) is 1. The summed E-state index contributed by atoms with van der Waals surface area (Å²) in [5.74, 6) is 0.0147. The second kappa shape index (κ2) is 8.69. The first-order valence-electron chi connectivity index (χ1n) is 6.77. The smallest absolute Gasteiger partial charge is 0.252 e. The van der Waals surface area contributed by atoms with Crippen molar-refractivity contribution in [2.45, 2.75) is 33.1 Å². The van der Waals surface area contributed by atoms with Crippen molar-refractivity contribution in [2.24, 2.45) is 0 Å². The summed E-state index contributed by atoms with van der Waals surface area (Å²) in [6.45, 7) is 6.12. The van der Waals surface area contributed by atoms with Gasteiger partial charge in [0.15, 0.2) is 0 Å². The van der Waals surface area contributed by atoms with Gasteiger partial charge in [0.1, 0.15) is 0 Å². The van der Waals surface area contributed by atoms with Crippen LogP contribution < -0.4 is 5.32 Å². The van der Waals surface area contributed by atoms with Crippen LogP contribution in [0.5, 0.6) is 0 Å². The Morgan fingerprint density at radius 2 is 1.95 bits per heavy atom. The van der Waals surface area contributed by atoms with Crippen LogP contribution >= 0.6 is 11.3 Å². The van der Waals surface area contributed by atoms with Crippen LogP contribution in [0, 0.1) is 0 Å². The van der Waals surface area contributed by atoms with Crippen molar-refractivity contribution in [3.05, 3.63) is 22.4 Å². The fourth-order valence-corrected chi connectivity index (χ4v) is 2.47. The molecule has 0 spiro atoms. The number of amides is 2. The number of hydrogen-bond donors (Lipinski definition) is 1. The Balaban J connectivity index is 2.31. The van der Waals surface area contributed by atoms with Crippen molar-refractivity contribution >= 4 is 23.2 Å². The molecule has 0 aromatic carbocycles. The molecule has 1 aromatic rings. The predicted octanol–water partition coefficient (Wildman–Crippen LogP) is 2.52. The highest BCUT2D eigenvalue weighted by Gasteiger charge is 2.12. The molecule has 1 N–H and O–H groups in total. The zero-order valence-electron chi connectivity index (χ0n) is 11.6. The zero-order valence-corrected chi connectivity index (χ0v) is 12.5. The molecular weight excluding hydrogens is 260 g/mol. The van der Waals surface area contributed by atoms with Gasteiger partial charge >= 0.3 is 0 Å². The quantitative estimate of drug-likeness (QED) is 0.796. The lowest BCUT2D eigenvalue weighted by Gasteiger charge is -2.21. The molecule has 0 bridgehead atoms. The lowest BCUT2D eigenvalue weighted by atomic mass is 10.3. The van der Waals surface area contributed by atoms with E-state index in [1.165, 1.54) is 11.3 Å². The van der Waals surface area contributed by atoms with Crippen LogP contribution in [0.3, 0.4) is 0 Å². The molecule has 106 valence electrons. The van der Waals surface area contributed by atoms with Crippen molar-refractivity contribution in [3.63, 3.8) is 0 Å². The zero-order chi connectivity index (χ0) is 14.1. The molecule has 5 heteroatoms. The van der Waals surface area contributed by atoms with Gasteiger partial charge in [0.05, 0.1) is 0 Å². The summed E-state index contributed by atoms with van der Waals surface area (Å²) >= 11 is 1.49. The van der Waals surface area contributed by atoms with E-state index in [1.54, 1.807) is 11.4 Å². The molecule has 0 radical (unpaired) electrons. The molecule has 0 aliphatic carbocycles. The highest BCUT2D eigenvalue weighted by molar-refractivity contribution is 7.08. The van der Waals surface area contributed by atoms with Crippen molar-refractivity contribution in [3.8, 4) is 0 Å². The minimum absolute atomic E-state index is 0.105. The van der Waals surface area contributed by atoms with E-state index < -0.39 is 0 Å². The molecule has 0 aliphatic heterocycles. The molecule has 0 fully saturated rings. The lowest BCUT2D eigenvalue weighted by molar-refractivity contribution is -0.131. The summed E-state index contributed by atoms with van der Waals surface area (Å²) in [7, 11) is 0. The van der Waals surface area contributed by atoms with Crippen molar-refractivity contribution < 1.29 is 9.59 Å². The lowest BCUT2D eigenvalue weighted by Crippen LogP contribution is -2.35. The van der Waals surface area contributed by atoms with E-state index >= 15 is 0 Å². The second-order valence-electron chi connectivity index (χ2n) is 4.40. The molecule has 1 rings (SSSR count). The van der Waals surface area contributed by atoms with Crippen LogP contribution in [0.25, 0.3) is 0 Å². The van der Waals surface area contributed by atoms with Crippen LogP contribution in [0.15, 0.2) is 16.8 Å². The molecule has 4 nitrogen and oxygen atoms in total. The number of hydrogen-bond acceptors (Lipinski definition) is 3. The Morgan fingerprint density at radius 1 is 1.26 bits per heavy atom. The number of rotatable bonds is 8. The molecule has 0 saturated carbocycles. The molecule has 2 amide bonds. The SMILES string of the molecule is CCCN(CCC)C(=O)CCNC(=O)c1ccsc1. The summed E-state index contributed by atoms with van der Waals surface area (Å²) in [6, 6.07) is 1.78. The average molecular weight is 282 g/mol. The van der Waals surface area contributed by atoms with Gasteiger partial charge in [0, 0.05) is 37.0 Å². The molecule has 0 atom stereocenters. The van der Waals surface area contributed by atoms with Crippen LogP contribution in [-0.4, -0.2) is 36.3 Å². The van der Waals surface area contributed by atoms with Gasteiger partial charge in [-0.05, 0) is 24.3 Å². The Kier molecular flexibility index (Phi) is 7.18. The normalized spacial score (nSPS) is 10.2. The van der Waals surface area contributed by atoms with E-state index in [9.17, 15) is 9.59 Å². The van der Waals surface area contributed by atoms with Crippen LogP contribution in [0.1, 0.15) is 43.5 Å². The van der Waals surface area contributed by atoms with Crippen molar-refractivity contribution in [1.29, 1.82) is 0 Å². The monoisotopic (exact) mass is 282 g/mol. The van der Waals surface area contributed by atoms with E-state index in [4.69, 9.17) is 0 Å². The van der Waals surface area contributed by atoms with Crippen molar-refractivity contribution in [2.75, 3.05) is 19.6 Å². The first-order valence-corrected chi connectivity index (χ1v) is 7.71. The molecule has 19 heavy (non-hydrogen) atoms. The van der Waals surface area contributed by atoms with Gasteiger partial charge < -0.3 is 10.2 Å². The first kappa shape index (κ1) is 15.7.